The van der Waals surface area contributed by atoms with Crippen LogP contribution in [0.3, 0.4) is 0 Å². The molecule has 0 aliphatic rings. The maximum absolute atomic E-state index is 13.0. The Labute approximate surface area is 179 Å². The molecule has 0 amide bonds. The lowest BCUT2D eigenvalue weighted by atomic mass is 10.1. The van der Waals surface area contributed by atoms with Gasteiger partial charge in [-0.25, -0.2) is 4.98 Å². The fraction of sp³-hybridized carbons (Fsp3) is 0.120. The molecule has 154 valence electrons. The van der Waals surface area contributed by atoms with Gasteiger partial charge >= 0.3 is 0 Å². The van der Waals surface area contributed by atoms with E-state index in [1.165, 1.54) is 5.56 Å². The number of anilines is 2. The zero-order valence-electron chi connectivity index (χ0n) is 17.6. The van der Waals surface area contributed by atoms with E-state index in [0.29, 0.717) is 11.3 Å². The molecule has 6 heteroatoms. The van der Waals surface area contributed by atoms with Gasteiger partial charge in [0.05, 0.1) is 12.7 Å². The Bertz CT molecular complexity index is 1500. The molecule has 0 fully saturated rings. The van der Waals surface area contributed by atoms with E-state index in [0.717, 1.165) is 39.4 Å². The molecule has 0 bridgehead atoms. The molecule has 0 aliphatic heterocycles. The Morgan fingerprint density at radius 2 is 1.90 bits per heavy atom. The van der Waals surface area contributed by atoms with Crippen molar-refractivity contribution in [2.45, 2.75) is 13.8 Å². The number of H-pyrrole nitrogens is 1. The van der Waals surface area contributed by atoms with Gasteiger partial charge in [0.25, 0.3) is 5.56 Å². The molecule has 0 atom stereocenters. The van der Waals surface area contributed by atoms with Crippen LogP contribution in [-0.4, -0.2) is 21.5 Å². The molecule has 3 aromatic heterocycles. The number of pyridine rings is 2. The van der Waals surface area contributed by atoms with Gasteiger partial charge < -0.3 is 15.0 Å². The maximum atomic E-state index is 13.0. The van der Waals surface area contributed by atoms with Gasteiger partial charge in [0.1, 0.15) is 22.9 Å². The first-order chi connectivity index (χ1) is 15.0. The molecule has 0 saturated carbocycles. The molecule has 31 heavy (non-hydrogen) atoms. The Balaban J connectivity index is 1.74. The highest BCUT2D eigenvalue weighted by Gasteiger charge is 2.18. The van der Waals surface area contributed by atoms with Crippen LogP contribution in [0, 0.1) is 13.8 Å². The number of imidazole rings is 1. The molecule has 0 aliphatic carbocycles. The second-order valence-electron chi connectivity index (χ2n) is 7.65. The Morgan fingerprint density at radius 1 is 1.03 bits per heavy atom. The number of aryl methyl sites for hydroxylation is 2. The monoisotopic (exact) mass is 410 g/mol. The van der Waals surface area contributed by atoms with Crippen molar-refractivity contribution >= 4 is 28.1 Å². The van der Waals surface area contributed by atoms with Gasteiger partial charge in [-0.3, -0.25) is 9.20 Å². The van der Waals surface area contributed by atoms with E-state index < -0.39 is 0 Å². The first-order valence-electron chi connectivity index (χ1n) is 10.1. The van der Waals surface area contributed by atoms with E-state index >= 15 is 0 Å². The number of ether oxygens (including phenoxy) is 1. The van der Waals surface area contributed by atoms with Crippen molar-refractivity contribution in [3.05, 3.63) is 88.3 Å². The molecule has 3 heterocycles. The molecular formula is C25H22N4O2. The molecule has 0 radical (unpaired) electrons. The zero-order chi connectivity index (χ0) is 21.5. The van der Waals surface area contributed by atoms with Crippen molar-refractivity contribution in [3.63, 3.8) is 0 Å². The van der Waals surface area contributed by atoms with Gasteiger partial charge in [-0.2, -0.15) is 0 Å². The number of rotatable bonds is 4. The molecule has 0 saturated heterocycles. The predicted molar refractivity (Wildman–Crippen MR) is 125 cm³/mol. The summed E-state index contributed by atoms with van der Waals surface area (Å²) in [5.41, 5.74) is 5.70. The van der Waals surface area contributed by atoms with Gasteiger partial charge in [0, 0.05) is 22.8 Å². The van der Waals surface area contributed by atoms with Crippen LogP contribution in [0.5, 0.6) is 5.75 Å². The van der Waals surface area contributed by atoms with Crippen molar-refractivity contribution in [1.29, 1.82) is 0 Å². The lowest BCUT2D eigenvalue weighted by Crippen LogP contribution is -2.10. The largest absolute Gasteiger partial charge is 0.497 e. The van der Waals surface area contributed by atoms with Gasteiger partial charge in [0.2, 0.25) is 0 Å². The topological polar surface area (TPSA) is 71.4 Å². The van der Waals surface area contributed by atoms with Crippen LogP contribution < -0.4 is 15.6 Å². The second-order valence-corrected chi connectivity index (χ2v) is 7.65. The van der Waals surface area contributed by atoms with E-state index in [1.54, 1.807) is 7.11 Å². The maximum Gasteiger partial charge on any atom is 0.258 e. The van der Waals surface area contributed by atoms with Crippen LogP contribution in [0.2, 0.25) is 0 Å². The first kappa shape index (κ1) is 18.9. The van der Waals surface area contributed by atoms with Crippen molar-refractivity contribution in [3.8, 4) is 17.0 Å². The van der Waals surface area contributed by atoms with Crippen molar-refractivity contribution in [2.24, 2.45) is 0 Å². The van der Waals surface area contributed by atoms with Crippen LogP contribution in [0.1, 0.15) is 11.1 Å². The van der Waals surface area contributed by atoms with Crippen LogP contribution in [-0.2, 0) is 0 Å². The summed E-state index contributed by atoms with van der Waals surface area (Å²) >= 11 is 0. The van der Waals surface area contributed by atoms with Crippen molar-refractivity contribution < 1.29 is 4.74 Å². The average molecular weight is 410 g/mol. The molecule has 5 rings (SSSR count). The number of hydrogen-bond acceptors (Lipinski definition) is 4. The number of benzene rings is 2. The number of aromatic amines is 1. The summed E-state index contributed by atoms with van der Waals surface area (Å²) in [5.74, 6) is 1.48. The van der Waals surface area contributed by atoms with Gasteiger partial charge in [-0.05, 0) is 61.9 Å². The minimum atomic E-state index is -0.190. The summed E-state index contributed by atoms with van der Waals surface area (Å²) in [5, 5.41) is 4.39. The number of aromatic nitrogens is 3. The zero-order valence-corrected chi connectivity index (χ0v) is 17.6. The standard InChI is InChI=1S/C25H22N4O2/c1-15-7-9-20(16(2)12-15)26-24-23(28-22-6-4-5-11-29(22)24)19-14-17-13-18(31-3)8-10-21(17)27-25(19)30/h4-14,26H,1-3H3,(H,27,30). The molecule has 5 aromatic rings. The van der Waals surface area contributed by atoms with Gasteiger partial charge in [0.15, 0.2) is 0 Å². The summed E-state index contributed by atoms with van der Waals surface area (Å²) in [6.07, 6.45) is 1.94. The van der Waals surface area contributed by atoms with Crippen molar-refractivity contribution in [2.75, 3.05) is 12.4 Å². The fourth-order valence-corrected chi connectivity index (χ4v) is 3.87. The minimum Gasteiger partial charge on any atom is -0.497 e. The smallest absolute Gasteiger partial charge is 0.258 e. The highest BCUT2D eigenvalue weighted by atomic mass is 16.5. The third kappa shape index (κ3) is 3.32. The number of fused-ring (bicyclic) bond motifs is 2. The second kappa shape index (κ2) is 7.32. The molecule has 0 spiro atoms. The number of nitrogens with zero attached hydrogens (tertiary/aromatic N) is 2. The normalized spacial score (nSPS) is 11.2. The van der Waals surface area contributed by atoms with E-state index in [4.69, 9.17) is 9.72 Å². The summed E-state index contributed by atoms with van der Waals surface area (Å²) in [6, 6.07) is 19.5. The van der Waals surface area contributed by atoms with E-state index in [2.05, 4.69) is 36.3 Å². The van der Waals surface area contributed by atoms with E-state index in [9.17, 15) is 4.79 Å². The van der Waals surface area contributed by atoms with Crippen LogP contribution >= 0.6 is 0 Å². The minimum absolute atomic E-state index is 0.190. The quantitative estimate of drug-likeness (QED) is 0.427. The summed E-state index contributed by atoms with van der Waals surface area (Å²) in [7, 11) is 1.63. The van der Waals surface area contributed by atoms with Gasteiger partial charge in [-0.15, -0.1) is 0 Å². The lowest BCUT2D eigenvalue weighted by Gasteiger charge is -2.12. The van der Waals surface area contributed by atoms with Crippen LogP contribution in [0.15, 0.2) is 71.7 Å². The SMILES string of the molecule is COc1ccc2[nH]c(=O)c(-c3nc4ccccn4c3Nc3ccc(C)cc3C)cc2c1. The number of methoxy groups -OCH3 is 1. The summed E-state index contributed by atoms with van der Waals surface area (Å²) < 4.78 is 7.31. The predicted octanol–water partition coefficient (Wildman–Crippen LogP) is 5.21. The third-order valence-electron chi connectivity index (χ3n) is 5.47. The lowest BCUT2D eigenvalue weighted by molar-refractivity contribution is 0.415. The van der Waals surface area contributed by atoms with Crippen molar-refractivity contribution in [1.82, 2.24) is 14.4 Å². The number of hydrogen-bond donors (Lipinski definition) is 2. The fourth-order valence-electron chi connectivity index (χ4n) is 3.87. The highest BCUT2D eigenvalue weighted by Crippen LogP contribution is 2.32. The van der Waals surface area contributed by atoms with Crippen LogP contribution in [0.25, 0.3) is 27.8 Å². The van der Waals surface area contributed by atoms with E-state index in [-0.39, 0.29) is 5.56 Å². The average Bonchev–Trinajstić information content (AvgIpc) is 3.13. The number of nitrogens with one attached hydrogen (secondary N) is 2. The summed E-state index contributed by atoms with van der Waals surface area (Å²) in [6.45, 7) is 4.13. The highest BCUT2D eigenvalue weighted by molar-refractivity contribution is 5.88. The molecular weight excluding hydrogens is 388 g/mol. The Kier molecular flexibility index (Phi) is 4.47. The summed E-state index contributed by atoms with van der Waals surface area (Å²) in [4.78, 5) is 20.8. The third-order valence-corrected chi connectivity index (χ3v) is 5.47. The van der Waals surface area contributed by atoms with Gasteiger partial charge in [-0.1, -0.05) is 23.8 Å². The molecule has 2 N–H and O–H groups in total. The first-order valence-corrected chi connectivity index (χ1v) is 10.1. The van der Waals surface area contributed by atoms with Crippen LogP contribution in [0.4, 0.5) is 11.5 Å². The molecule has 2 aromatic carbocycles. The molecule has 6 nitrogen and oxygen atoms in total. The Morgan fingerprint density at radius 3 is 2.71 bits per heavy atom. The van der Waals surface area contributed by atoms with E-state index in [1.807, 2.05) is 59.1 Å². The molecule has 0 unspecified atom stereocenters. The Hall–Kier alpha value is -4.06.